The van der Waals surface area contributed by atoms with E-state index in [1.54, 1.807) is 37.6 Å². The Morgan fingerprint density at radius 1 is 0.958 bits per heavy atom. The standard InChI is InChI=1S/C19H17N3O2/c1-24-17-12-6-5-11-16(17)22-19(23)15-10-7-13-20-18(15)21-14-8-3-2-4-9-14/h2-13H,1H3,(H,20,21)(H,22,23). The van der Waals surface area contributed by atoms with Crippen molar-refractivity contribution in [1.29, 1.82) is 0 Å². The van der Waals surface area contributed by atoms with Gasteiger partial charge in [-0.05, 0) is 36.4 Å². The van der Waals surface area contributed by atoms with Crippen LogP contribution in [0.1, 0.15) is 10.4 Å². The smallest absolute Gasteiger partial charge is 0.259 e. The van der Waals surface area contributed by atoms with Crippen molar-refractivity contribution in [2.75, 3.05) is 17.7 Å². The Kier molecular flexibility index (Phi) is 4.72. The molecule has 2 N–H and O–H groups in total. The van der Waals surface area contributed by atoms with Crippen LogP contribution in [-0.4, -0.2) is 18.0 Å². The first-order chi connectivity index (χ1) is 11.8. The number of methoxy groups -OCH3 is 1. The van der Waals surface area contributed by atoms with E-state index in [0.717, 1.165) is 5.69 Å². The third-order valence-electron chi connectivity index (χ3n) is 3.44. The molecule has 0 fully saturated rings. The topological polar surface area (TPSA) is 63.2 Å². The molecular weight excluding hydrogens is 302 g/mol. The first kappa shape index (κ1) is 15.6. The second-order valence-corrected chi connectivity index (χ2v) is 5.05. The first-order valence-corrected chi connectivity index (χ1v) is 7.49. The number of rotatable bonds is 5. The molecule has 0 bridgehead atoms. The fourth-order valence-corrected chi connectivity index (χ4v) is 2.28. The Bertz CT molecular complexity index is 835. The number of carbonyl (C=O) groups is 1. The molecule has 3 rings (SSSR count). The quantitative estimate of drug-likeness (QED) is 0.743. The van der Waals surface area contributed by atoms with Gasteiger partial charge in [-0.15, -0.1) is 0 Å². The summed E-state index contributed by atoms with van der Waals surface area (Å²) in [5, 5.41) is 6.02. The van der Waals surface area contributed by atoms with Gasteiger partial charge in [0.2, 0.25) is 0 Å². The van der Waals surface area contributed by atoms with Gasteiger partial charge in [0.05, 0.1) is 18.4 Å². The molecule has 1 aromatic heterocycles. The molecular formula is C19H17N3O2. The summed E-state index contributed by atoms with van der Waals surface area (Å²) in [5.41, 5.74) is 1.93. The number of nitrogens with zero attached hydrogens (tertiary/aromatic N) is 1. The monoisotopic (exact) mass is 319 g/mol. The van der Waals surface area contributed by atoms with Crippen molar-refractivity contribution in [1.82, 2.24) is 4.98 Å². The molecule has 0 aliphatic heterocycles. The summed E-state index contributed by atoms with van der Waals surface area (Å²) in [4.78, 5) is 16.9. The van der Waals surface area contributed by atoms with Crippen LogP contribution in [0.3, 0.4) is 0 Å². The molecule has 24 heavy (non-hydrogen) atoms. The molecule has 0 saturated carbocycles. The lowest BCUT2D eigenvalue weighted by molar-refractivity contribution is 0.102. The maximum atomic E-state index is 12.6. The fraction of sp³-hybridized carbons (Fsp3) is 0.0526. The highest BCUT2D eigenvalue weighted by Crippen LogP contribution is 2.25. The molecule has 0 radical (unpaired) electrons. The summed E-state index contributed by atoms with van der Waals surface area (Å²) in [5.74, 6) is 0.842. The van der Waals surface area contributed by atoms with Gasteiger partial charge in [0, 0.05) is 11.9 Å². The van der Waals surface area contributed by atoms with Gasteiger partial charge >= 0.3 is 0 Å². The number of anilines is 3. The van der Waals surface area contributed by atoms with E-state index in [1.165, 1.54) is 0 Å². The molecule has 120 valence electrons. The molecule has 2 aromatic carbocycles. The molecule has 0 aliphatic carbocycles. The van der Waals surface area contributed by atoms with Gasteiger partial charge in [-0.25, -0.2) is 4.98 Å². The van der Waals surface area contributed by atoms with Crippen LogP contribution in [0.4, 0.5) is 17.2 Å². The molecule has 5 heteroatoms. The lowest BCUT2D eigenvalue weighted by Gasteiger charge is -2.13. The second-order valence-electron chi connectivity index (χ2n) is 5.05. The zero-order valence-electron chi connectivity index (χ0n) is 13.2. The molecule has 5 nitrogen and oxygen atoms in total. The van der Waals surface area contributed by atoms with Crippen LogP contribution in [-0.2, 0) is 0 Å². The number of hydrogen-bond donors (Lipinski definition) is 2. The lowest BCUT2D eigenvalue weighted by atomic mass is 10.2. The van der Waals surface area contributed by atoms with E-state index in [-0.39, 0.29) is 5.91 Å². The average molecular weight is 319 g/mol. The maximum Gasteiger partial charge on any atom is 0.259 e. The highest BCUT2D eigenvalue weighted by Gasteiger charge is 2.14. The van der Waals surface area contributed by atoms with Gasteiger partial charge in [-0.3, -0.25) is 4.79 Å². The number of nitrogens with one attached hydrogen (secondary N) is 2. The van der Waals surface area contributed by atoms with Gasteiger partial charge in [-0.2, -0.15) is 0 Å². The summed E-state index contributed by atoms with van der Waals surface area (Å²) in [6, 6.07) is 20.3. The summed E-state index contributed by atoms with van der Waals surface area (Å²) in [7, 11) is 1.57. The van der Waals surface area contributed by atoms with Crippen LogP contribution in [0.5, 0.6) is 5.75 Å². The third kappa shape index (κ3) is 3.52. The van der Waals surface area contributed by atoms with E-state index < -0.39 is 0 Å². The molecule has 0 aliphatic rings. The molecule has 0 saturated heterocycles. The van der Waals surface area contributed by atoms with E-state index in [0.29, 0.717) is 22.8 Å². The van der Waals surface area contributed by atoms with Crippen molar-refractivity contribution in [2.45, 2.75) is 0 Å². The number of hydrogen-bond acceptors (Lipinski definition) is 4. The fourth-order valence-electron chi connectivity index (χ4n) is 2.28. The predicted molar refractivity (Wildman–Crippen MR) is 94.9 cm³/mol. The molecule has 0 spiro atoms. The van der Waals surface area contributed by atoms with Crippen LogP contribution in [0.2, 0.25) is 0 Å². The minimum Gasteiger partial charge on any atom is -0.495 e. The predicted octanol–water partition coefficient (Wildman–Crippen LogP) is 4.09. The Balaban J connectivity index is 1.85. The van der Waals surface area contributed by atoms with Gasteiger partial charge in [0.25, 0.3) is 5.91 Å². The van der Waals surface area contributed by atoms with E-state index in [4.69, 9.17) is 4.74 Å². The Labute approximate surface area is 140 Å². The van der Waals surface area contributed by atoms with Gasteiger partial charge in [0.1, 0.15) is 11.6 Å². The number of carbonyl (C=O) groups excluding carboxylic acids is 1. The van der Waals surface area contributed by atoms with Gasteiger partial charge in [-0.1, -0.05) is 30.3 Å². The molecule has 3 aromatic rings. The number of aromatic nitrogens is 1. The average Bonchev–Trinajstić information content (AvgIpc) is 2.63. The second kappa shape index (κ2) is 7.28. The zero-order valence-corrected chi connectivity index (χ0v) is 13.2. The highest BCUT2D eigenvalue weighted by molar-refractivity contribution is 6.08. The Morgan fingerprint density at radius 2 is 1.71 bits per heavy atom. The lowest BCUT2D eigenvalue weighted by Crippen LogP contribution is -2.15. The highest BCUT2D eigenvalue weighted by atomic mass is 16.5. The number of amides is 1. The van der Waals surface area contributed by atoms with Crippen LogP contribution in [0, 0.1) is 0 Å². The zero-order chi connectivity index (χ0) is 16.8. The molecule has 1 heterocycles. The number of benzene rings is 2. The minimum absolute atomic E-state index is 0.258. The number of pyridine rings is 1. The van der Waals surface area contributed by atoms with Crippen molar-refractivity contribution >= 4 is 23.1 Å². The van der Waals surface area contributed by atoms with Crippen molar-refractivity contribution in [3.63, 3.8) is 0 Å². The summed E-state index contributed by atoms with van der Waals surface area (Å²) in [6.07, 6.45) is 1.64. The normalized spacial score (nSPS) is 10.0. The Hall–Kier alpha value is -3.34. The Morgan fingerprint density at radius 3 is 2.50 bits per heavy atom. The van der Waals surface area contributed by atoms with Crippen LogP contribution < -0.4 is 15.4 Å². The summed E-state index contributed by atoms with van der Waals surface area (Å²) in [6.45, 7) is 0. The maximum absolute atomic E-state index is 12.6. The third-order valence-corrected chi connectivity index (χ3v) is 3.44. The number of ether oxygens (including phenoxy) is 1. The van der Waals surface area contributed by atoms with Crippen molar-refractivity contribution in [3.8, 4) is 5.75 Å². The largest absolute Gasteiger partial charge is 0.495 e. The molecule has 1 amide bonds. The van der Waals surface area contributed by atoms with Gasteiger partial charge in [0.15, 0.2) is 0 Å². The number of para-hydroxylation sites is 3. The molecule has 0 unspecified atom stereocenters. The van der Waals surface area contributed by atoms with E-state index in [2.05, 4.69) is 15.6 Å². The van der Waals surface area contributed by atoms with Crippen LogP contribution in [0.15, 0.2) is 72.9 Å². The van der Waals surface area contributed by atoms with Crippen LogP contribution >= 0.6 is 0 Å². The van der Waals surface area contributed by atoms with Crippen molar-refractivity contribution < 1.29 is 9.53 Å². The van der Waals surface area contributed by atoms with E-state index in [1.807, 2.05) is 42.5 Å². The first-order valence-electron chi connectivity index (χ1n) is 7.49. The van der Waals surface area contributed by atoms with Crippen molar-refractivity contribution in [2.24, 2.45) is 0 Å². The molecule has 0 atom stereocenters. The SMILES string of the molecule is COc1ccccc1NC(=O)c1cccnc1Nc1ccccc1. The van der Waals surface area contributed by atoms with E-state index >= 15 is 0 Å². The van der Waals surface area contributed by atoms with Crippen LogP contribution in [0.25, 0.3) is 0 Å². The van der Waals surface area contributed by atoms with Crippen molar-refractivity contribution in [3.05, 3.63) is 78.5 Å². The van der Waals surface area contributed by atoms with Gasteiger partial charge < -0.3 is 15.4 Å². The van der Waals surface area contributed by atoms with E-state index in [9.17, 15) is 4.79 Å². The minimum atomic E-state index is -0.258. The summed E-state index contributed by atoms with van der Waals surface area (Å²) >= 11 is 0. The summed E-state index contributed by atoms with van der Waals surface area (Å²) < 4.78 is 5.26.